The van der Waals surface area contributed by atoms with Crippen LogP contribution in [0.2, 0.25) is 0 Å². The van der Waals surface area contributed by atoms with Gasteiger partial charge in [-0.05, 0) is 49.7 Å². The first-order valence-electron chi connectivity index (χ1n) is 8.27. The van der Waals surface area contributed by atoms with Gasteiger partial charge in [-0.3, -0.25) is 4.90 Å². The minimum absolute atomic E-state index is 0.0326. The Morgan fingerprint density at radius 1 is 1.00 bits per heavy atom. The lowest BCUT2D eigenvalue weighted by Crippen LogP contribution is -2.50. The molecule has 0 aromatic carbocycles. The first kappa shape index (κ1) is 14.2. The number of aliphatic hydroxyl groups is 1. The van der Waals surface area contributed by atoms with Crippen molar-refractivity contribution < 1.29 is 5.11 Å². The van der Waals surface area contributed by atoms with Crippen molar-refractivity contribution in [1.29, 1.82) is 0 Å². The second-order valence-electron chi connectivity index (χ2n) is 7.25. The van der Waals surface area contributed by atoms with E-state index in [0.717, 1.165) is 18.6 Å². The maximum atomic E-state index is 9.94. The molecule has 3 rings (SSSR count). The summed E-state index contributed by atoms with van der Waals surface area (Å²) in [6.45, 7) is 1.25. The van der Waals surface area contributed by atoms with Crippen LogP contribution in [0.5, 0.6) is 0 Å². The molecule has 1 N–H and O–H groups in total. The first-order valence-corrected chi connectivity index (χ1v) is 8.90. The maximum Gasteiger partial charge on any atom is 0.0570 e. The molecule has 1 aliphatic carbocycles. The van der Waals surface area contributed by atoms with Gasteiger partial charge < -0.3 is 5.11 Å². The van der Waals surface area contributed by atoms with Crippen LogP contribution in [0.1, 0.15) is 64.2 Å². The third-order valence-corrected chi connectivity index (χ3v) is 6.55. The number of piperidine rings is 1. The van der Waals surface area contributed by atoms with E-state index in [0.29, 0.717) is 17.5 Å². The Morgan fingerprint density at radius 2 is 1.58 bits per heavy atom. The monoisotopic (exact) mass is 283 g/mol. The van der Waals surface area contributed by atoms with E-state index in [1.807, 2.05) is 0 Å². The SMILES string of the molecule is OC1CC2CCC(C1)N2CC1(CS)CCCCCC1. The van der Waals surface area contributed by atoms with Crippen LogP contribution in [0.4, 0.5) is 0 Å². The van der Waals surface area contributed by atoms with Gasteiger partial charge in [0, 0.05) is 18.6 Å². The molecular weight excluding hydrogens is 254 g/mol. The van der Waals surface area contributed by atoms with Crippen LogP contribution in [0, 0.1) is 5.41 Å². The molecule has 2 saturated heterocycles. The van der Waals surface area contributed by atoms with E-state index in [1.54, 1.807) is 0 Å². The molecule has 3 fully saturated rings. The van der Waals surface area contributed by atoms with Crippen LogP contribution in [0.15, 0.2) is 0 Å². The van der Waals surface area contributed by atoms with E-state index < -0.39 is 0 Å². The highest BCUT2D eigenvalue weighted by Gasteiger charge is 2.43. The molecule has 110 valence electrons. The summed E-state index contributed by atoms with van der Waals surface area (Å²) < 4.78 is 0. The summed E-state index contributed by atoms with van der Waals surface area (Å²) in [5.41, 5.74) is 0.461. The Morgan fingerprint density at radius 3 is 2.11 bits per heavy atom. The number of rotatable bonds is 3. The van der Waals surface area contributed by atoms with E-state index in [2.05, 4.69) is 4.90 Å². The van der Waals surface area contributed by atoms with Crippen LogP contribution < -0.4 is 0 Å². The van der Waals surface area contributed by atoms with Crippen molar-refractivity contribution in [2.24, 2.45) is 5.41 Å². The van der Waals surface area contributed by atoms with Crippen molar-refractivity contribution in [2.75, 3.05) is 12.3 Å². The Labute approximate surface area is 123 Å². The van der Waals surface area contributed by atoms with Crippen LogP contribution in [0.3, 0.4) is 0 Å². The van der Waals surface area contributed by atoms with Gasteiger partial charge in [0.25, 0.3) is 0 Å². The molecule has 2 aliphatic heterocycles. The highest BCUT2D eigenvalue weighted by Crippen LogP contribution is 2.42. The fourth-order valence-electron chi connectivity index (χ4n) is 4.74. The fourth-order valence-corrected chi connectivity index (χ4v) is 5.15. The first-order chi connectivity index (χ1) is 9.22. The molecule has 0 aromatic rings. The largest absolute Gasteiger partial charge is 0.393 e. The molecule has 0 amide bonds. The van der Waals surface area contributed by atoms with Gasteiger partial charge in [0.1, 0.15) is 0 Å². The Hall–Kier alpha value is 0.270. The normalized spacial score (nSPS) is 39.2. The highest BCUT2D eigenvalue weighted by molar-refractivity contribution is 7.80. The predicted molar refractivity (Wildman–Crippen MR) is 82.7 cm³/mol. The average Bonchev–Trinajstić information content (AvgIpc) is 2.63. The molecular formula is C16H29NOS. The molecule has 0 radical (unpaired) electrons. The second kappa shape index (κ2) is 5.95. The lowest BCUT2D eigenvalue weighted by molar-refractivity contribution is 0.0106. The smallest absolute Gasteiger partial charge is 0.0570 e. The van der Waals surface area contributed by atoms with Crippen molar-refractivity contribution in [3.05, 3.63) is 0 Å². The van der Waals surface area contributed by atoms with Crippen LogP contribution >= 0.6 is 12.6 Å². The number of nitrogens with zero attached hydrogens (tertiary/aromatic N) is 1. The average molecular weight is 283 g/mol. The van der Waals surface area contributed by atoms with Crippen molar-refractivity contribution in [3.8, 4) is 0 Å². The summed E-state index contributed by atoms with van der Waals surface area (Å²) in [6, 6.07) is 1.32. The van der Waals surface area contributed by atoms with E-state index >= 15 is 0 Å². The van der Waals surface area contributed by atoms with Crippen molar-refractivity contribution in [1.82, 2.24) is 4.90 Å². The number of hydrogen-bond acceptors (Lipinski definition) is 3. The molecule has 2 nitrogen and oxygen atoms in total. The number of aliphatic hydroxyl groups excluding tert-OH is 1. The molecule has 1 saturated carbocycles. The van der Waals surface area contributed by atoms with E-state index in [4.69, 9.17) is 12.6 Å². The van der Waals surface area contributed by atoms with Gasteiger partial charge in [-0.25, -0.2) is 0 Å². The molecule has 3 aliphatic rings. The standard InChI is InChI=1S/C16H29NOS/c18-15-9-13-5-6-14(10-15)17(13)11-16(12-19)7-3-1-2-4-8-16/h13-15,18-19H,1-12H2. The molecule has 2 atom stereocenters. The van der Waals surface area contributed by atoms with Gasteiger partial charge in [-0.1, -0.05) is 25.7 Å². The molecule has 0 aromatic heterocycles. The topological polar surface area (TPSA) is 23.5 Å². The summed E-state index contributed by atoms with van der Waals surface area (Å²) in [5.74, 6) is 1.05. The van der Waals surface area contributed by atoms with E-state index in [-0.39, 0.29) is 6.10 Å². The lowest BCUT2D eigenvalue weighted by atomic mass is 9.80. The summed E-state index contributed by atoms with van der Waals surface area (Å²) in [6.07, 6.45) is 13.0. The summed E-state index contributed by atoms with van der Waals surface area (Å²) >= 11 is 4.72. The fraction of sp³-hybridized carbons (Fsp3) is 1.00. The Bertz CT molecular complexity index is 287. The third-order valence-electron chi connectivity index (χ3n) is 5.88. The van der Waals surface area contributed by atoms with Crippen molar-refractivity contribution >= 4 is 12.6 Å². The zero-order chi connectivity index (χ0) is 13.3. The van der Waals surface area contributed by atoms with Gasteiger partial charge in [-0.2, -0.15) is 12.6 Å². The zero-order valence-electron chi connectivity index (χ0n) is 12.1. The van der Waals surface area contributed by atoms with Gasteiger partial charge >= 0.3 is 0 Å². The van der Waals surface area contributed by atoms with Crippen LogP contribution in [0.25, 0.3) is 0 Å². The number of hydrogen-bond donors (Lipinski definition) is 2. The summed E-state index contributed by atoms with van der Waals surface area (Å²) in [4.78, 5) is 2.76. The minimum Gasteiger partial charge on any atom is -0.393 e. The molecule has 3 heteroatoms. The number of thiol groups is 1. The van der Waals surface area contributed by atoms with Crippen LogP contribution in [-0.2, 0) is 0 Å². The van der Waals surface area contributed by atoms with Crippen LogP contribution in [-0.4, -0.2) is 40.5 Å². The Kier molecular flexibility index (Phi) is 4.45. The molecule has 2 heterocycles. The molecule has 2 unspecified atom stereocenters. The van der Waals surface area contributed by atoms with E-state index in [9.17, 15) is 5.11 Å². The van der Waals surface area contributed by atoms with Gasteiger partial charge in [0.2, 0.25) is 0 Å². The van der Waals surface area contributed by atoms with Crippen molar-refractivity contribution in [2.45, 2.75) is 82.4 Å². The lowest BCUT2D eigenvalue weighted by Gasteiger charge is -2.44. The summed E-state index contributed by atoms with van der Waals surface area (Å²) in [7, 11) is 0. The Balaban J connectivity index is 1.69. The molecule has 2 bridgehead atoms. The predicted octanol–water partition coefficient (Wildman–Crippen LogP) is 3.24. The minimum atomic E-state index is -0.0326. The molecule has 19 heavy (non-hydrogen) atoms. The molecule has 0 spiro atoms. The zero-order valence-corrected chi connectivity index (χ0v) is 13.0. The third kappa shape index (κ3) is 2.98. The number of fused-ring (bicyclic) bond motifs is 2. The van der Waals surface area contributed by atoms with Gasteiger partial charge in [0.05, 0.1) is 6.10 Å². The quantitative estimate of drug-likeness (QED) is 0.613. The van der Waals surface area contributed by atoms with Crippen molar-refractivity contribution in [3.63, 3.8) is 0 Å². The summed E-state index contributed by atoms with van der Waals surface area (Å²) in [5, 5.41) is 9.94. The second-order valence-corrected chi connectivity index (χ2v) is 7.57. The highest BCUT2D eigenvalue weighted by atomic mass is 32.1. The van der Waals surface area contributed by atoms with E-state index in [1.165, 1.54) is 57.9 Å². The van der Waals surface area contributed by atoms with Gasteiger partial charge in [-0.15, -0.1) is 0 Å². The van der Waals surface area contributed by atoms with Gasteiger partial charge in [0.15, 0.2) is 0 Å². The maximum absolute atomic E-state index is 9.94.